The second kappa shape index (κ2) is 5.92. The molecule has 0 radical (unpaired) electrons. The molecule has 0 aliphatic rings. The maximum Gasteiger partial charge on any atom is 0.124 e. The summed E-state index contributed by atoms with van der Waals surface area (Å²) in [5.74, 6) is 0.855. The van der Waals surface area contributed by atoms with Gasteiger partial charge >= 0.3 is 0 Å². The highest BCUT2D eigenvalue weighted by atomic mass is 16.5. The first-order chi connectivity index (χ1) is 7.98. The van der Waals surface area contributed by atoms with Crippen molar-refractivity contribution in [3.8, 4) is 5.75 Å². The normalized spacial score (nSPS) is 11.5. The smallest absolute Gasteiger partial charge is 0.124 e. The number of nitrogens with two attached hydrogens (primary N) is 1. The van der Waals surface area contributed by atoms with E-state index in [4.69, 9.17) is 15.2 Å². The lowest BCUT2D eigenvalue weighted by molar-refractivity contribution is -0.0323. The second-order valence-electron chi connectivity index (χ2n) is 4.70. The van der Waals surface area contributed by atoms with Gasteiger partial charge in [-0.05, 0) is 45.4 Å². The molecule has 0 aromatic heterocycles. The zero-order valence-electron chi connectivity index (χ0n) is 11.2. The minimum absolute atomic E-state index is 0.117. The highest BCUT2D eigenvalue weighted by Gasteiger charge is 2.16. The lowest BCUT2D eigenvalue weighted by Crippen LogP contribution is -2.22. The van der Waals surface area contributed by atoms with Gasteiger partial charge in [-0.25, -0.2) is 0 Å². The van der Waals surface area contributed by atoms with Crippen LogP contribution < -0.4 is 10.5 Å². The number of hydrogen-bond acceptors (Lipinski definition) is 3. The molecule has 0 saturated heterocycles. The van der Waals surface area contributed by atoms with Gasteiger partial charge in [0, 0.05) is 11.3 Å². The Morgan fingerprint density at radius 3 is 2.53 bits per heavy atom. The van der Waals surface area contributed by atoms with Gasteiger partial charge in [0.05, 0.1) is 18.8 Å². The van der Waals surface area contributed by atoms with Crippen molar-refractivity contribution in [3.63, 3.8) is 0 Å². The number of ether oxygens (including phenoxy) is 2. The Morgan fingerprint density at radius 1 is 1.24 bits per heavy atom. The predicted molar refractivity (Wildman–Crippen MR) is 71.2 cm³/mol. The van der Waals surface area contributed by atoms with E-state index < -0.39 is 0 Å². The minimum atomic E-state index is -0.117. The van der Waals surface area contributed by atoms with Crippen molar-refractivity contribution in [2.24, 2.45) is 0 Å². The average molecular weight is 237 g/mol. The number of benzene rings is 1. The molecule has 3 nitrogen and oxygen atoms in total. The zero-order valence-corrected chi connectivity index (χ0v) is 11.2. The first-order valence-electron chi connectivity index (χ1n) is 6.13. The van der Waals surface area contributed by atoms with Crippen molar-refractivity contribution in [3.05, 3.63) is 23.8 Å². The SMILES string of the molecule is CCOc1ccc(N)cc1COC(C)(C)CC. The third-order valence-electron chi connectivity index (χ3n) is 2.85. The van der Waals surface area contributed by atoms with E-state index in [1.165, 1.54) is 0 Å². The van der Waals surface area contributed by atoms with Gasteiger partial charge in [-0.1, -0.05) is 6.92 Å². The first kappa shape index (κ1) is 13.8. The summed E-state index contributed by atoms with van der Waals surface area (Å²) in [6.07, 6.45) is 0.972. The Kier molecular flexibility index (Phi) is 4.82. The van der Waals surface area contributed by atoms with Crippen LogP contribution in [-0.4, -0.2) is 12.2 Å². The molecule has 0 aliphatic carbocycles. The number of anilines is 1. The lowest BCUT2D eigenvalue weighted by atomic mass is 10.1. The van der Waals surface area contributed by atoms with Gasteiger partial charge in [0.2, 0.25) is 0 Å². The molecular formula is C14H23NO2. The number of hydrogen-bond donors (Lipinski definition) is 1. The fourth-order valence-corrected chi connectivity index (χ4v) is 1.38. The van der Waals surface area contributed by atoms with Crippen molar-refractivity contribution in [2.75, 3.05) is 12.3 Å². The monoisotopic (exact) mass is 237 g/mol. The topological polar surface area (TPSA) is 44.5 Å². The van der Waals surface area contributed by atoms with Gasteiger partial charge in [0.15, 0.2) is 0 Å². The highest BCUT2D eigenvalue weighted by molar-refractivity contribution is 5.47. The molecule has 0 saturated carbocycles. The van der Waals surface area contributed by atoms with Crippen molar-refractivity contribution >= 4 is 5.69 Å². The molecule has 96 valence electrons. The van der Waals surface area contributed by atoms with Crippen molar-refractivity contribution in [2.45, 2.75) is 46.3 Å². The van der Waals surface area contributed by atoms with Crippen molar-refractivity contribution in [1.29, 1.82) is 0 Å². The van der Waals surface area contributed by atoms with E-state index in [0.29, 0.717) is 13.2 Å². The molecule has 0 unspecified atom stereocenters. The van der Waals surface area contributed by atoms with Gasteiger partial charge in [0.1, 0.15) is 5.75 Å². The standard InChI is InChI=1S/C14H23NO2/c1-5-14(3,4)17-10-11-9-12(15)7-8-13(11)16-6-2/h7-9H,5-6,10,15H2,1-4H3. The maximum atomic E-state index is 5.87. The molecule has 1 aromatic rings. The Labute approximate surface area is 104 Å². The molecule has 0 amide bonds. The largest absolute Gasteiger partial charge is 0.494 e. The van der Waals surface area contributed by atoms with Gasteiger partial charge in [0.25, 0.3) is 0 Å². The van der Waals surface area contributed by atoms with E-state index >= 15 is 0 Å². The van der Waals surface area contributed by atoms with Gasteiger partial charge in [-0.2, -0.15) is 0 Å². The average Bonchev–Trinajstić information content (AvgIpc) is 2.30. The Hall–Kier alpha value is -1.22. The number of rotatable bonds is 6. The summed E-state index contributed by atoms with van der Waals surface area (Å²) in [4.78, 5) is 0. The second-order valence-corrected chi connectivity index (χ2v) is 4.70. The summed E-state index contributed by atoms with van der Waals surface area (Å²) in [7, 11) is 0. The highest BCUT2D eigenvalue weighted by Crippen LogP contribution is 2.25. The zero-order chi connectivity index (χ0) is 12.9. The molecule has 1 aromatic carbocycles. The summed E-state index contributed by atoms with van der Waals surface area (Å²) >= 11 is 0. The van der Waals surface area contributed by atoms with E-state index in [1.807, 2.05) is 25.1 Å². The van der Waals surface area contributed by atoms with Crippen LogP contribution in [0, 0.1) is 0 Å². The third-order valence-corrected chi connectivity index (χ3v) is 2.85. The van der Waals surface area contributed by atoms with Crippen molar-refractivity contribution in [1.82, 2.24) is 0 Å². The molecule has 0 heterocycles. The Balaban J connectivity index is 2.77. The molecule has 0 fully saturated rings. The predicted octanol–water partition coefficient (Wildman–Crippen LogP) is 3.37. The van der Waals surface area contributed by atoms with Crippen LogP contribution >= 0.6 is 0 Å². The summed E-state index contributed by atoms with van der Waals surface area (Å²) in [6.45, 7) is 9.42. The van der Waals surface area contributed by atoms with Crippen LogP contribution in [0.2, 0.25) is 0 Å². The lowest BCUT2D eigenvalue weighted by Gasteiger charge is -2.24. The molecule has 2 N–H and O–H groups in total. The quantitative estimate of drug-likeness (QED) is 0.771. The summed E-state index contributed by atoms with van der Waals surface area (Å²) < 4.78 is 11.4. The summed E-state index contributed by atoms with van der Waals surface area (Å²) in [5.41, 5.74) is 7.41. The molecule has 0 aliphatic heterocycles. The molecule has 1 rings (SSSR count). The van der Waals surface area contributed by atoms with Gasteiger partial charge < -0.3 is 15.2 Å². The summed E-state index contributed by atoms with van der Waals surface area (Å²) in [6, 6.07) is 5.66. The molecule has 0 atom stereocenters. The number of nitrogen functional groups attached to an aromatic ring is 1. The van der Waals surface area contributed by atoms with Crippen LogP contribution in [0.5, 0.6) is 5.75 Å². The van der Waals surface area contributed by atoms with E-state index in [-0.39, 0.29) is 5.60 Å². The Bertz CT molecular complexity index is 361. The third kappa shape index (κ3) is 4.27. The van der Waals surface area contributed by atoms with Crippen LogP contribution in [0.4, 0.5) is 5.69 Å². The fourth-order valence-electron chi connectivity index (χ4n) is 1.38. The molecule has 0 bridgehead atoms. The van der Waals surface area contributed by atoms with Crippen LogP contribution in [0.3, 0.4) is 0 Å². The van der Waals surface area contributed by atoms with E-state index in [1.54, 1.807) is 0 Å². The van der Waals surface area contributed by atoms with Crippen molar-refractivity contribution < 1.29 is 9.47 Å². The van der Waals surface area contributed by atoms with E-state index in [2.05, 4.69) is 20.8 Å². The van der Waals surface area contributed by atoms with Crippen LogP contribution in [-0.2, 0) is 11.3 Å². The first-order valence-corrected chi connectivity index (χ1v) is 6.13. The maximum absolute atomic E-state index is 5.87. The minimum Gasteiger partial charge on any atom is -0.494 e. The van der Waals surface area contributed by atoms with Gasteiger partial charge in [-0.3, -0.25) is 0 Å². The summed E-state index contributed by atoms with van der Waals surface area (Å²) in [5, 5.41) is 0. The van der Waals surface area contributed by atoms with E-state index in [0.717, 1.165) is 23.4 Å². The van der Waals surface area contributed by atoms with Crippen LogP contribution in [0.25, 0.3) is 0 Å². The molecular weight excluding hydrogens is 214 g/mol. The van der Waals surface area contributed by atoms with E-state index in [9.17, 15) is 0 Å². The fraction of sp³-hybridized carbons (Fsp3) is 0.571. The molecule has 0 spiro atoms. The van der Waals surface area contributed by atoms with Crippen LogP contribution in [0.15, 0.2) is 18.2 Å². The van der Waals surface area contributed by atoms with Crippen LogP contribution in [0.1, 0.15) is 39.7 Å². The molecule has 17 heavy (non-hydrogen) atoms. The molecule has 3 heteroatoms. The van der Waals surface area contributed by atoms with Gasteiger partial charge in [-0.15, -0.1) is 0 Å². The Morgan fingerprint density at radius 2 is 1.94 bits per heavy atom.